The van der Waals surface area contributed by atoms with Crippen molar-refractivity contribution in [2.45, 2.75) is 45.3 Å². The van der Waals surface area contributed by atoms with Gasteiger partial charge in [0.15, 0.2) is 0 Å². The van der Waals surface area contributed by atoms with E-state index in [2.05, 4.69) is 4.98 Å². The van der Waals surface area contributed by atoms with E-state index < -0.39 is 24.0 Å². The number of aromatic nitrogens is 1. The van der Waals surface area contributed by atoms with Crippen LogP contribution in [0.1, 0.15) is 39.0 Å². The summed E-state index contributed by atoms with van der Waals surface area (Å²) in [7, 11) is 1.68. The number of likely N-dealkylation sites (N-methyl/N-ethyl adjacent to an activating group) is 1. The summed E-state index contributed by atoms with van der Waals surface area (Å²) in [6, 6.07) is 30.8. The van der Waals surface area contributed by atoms with E-state index in [9.17, 15) is 19.8 Å². The number of benzene rings is 4. The number of carbonyl (C=O) groups is 2. The second kappa shape index (κ2) is 14.6. The number of aliphatic hydroxyl groups excluding tert-OH is 1. The number of amides is 1. The van der Waals surface area contributed by atoms with Crippen molar-refractivity contribution >= 4 is 22.8 Å². The standard InChI is InChI=1S/C37H38N2O4.Li/c1-24-17-25(2)19-29(18-24)36(41)39(3)34(20-26-13-15-28(16-14-26)27-9-5-4-6-10-27)35(40)22-30(37(42)43)21-31-23-38-33-12-8-7-11-32(31)33;/h4-19,23,30,34-35,38,40H,20-22H2,1-3H3,(H,42,43);/q;+1/p-1/t30-,34-,35?;/m1./s1. The first-order valence-electron chi connectivity index (χ1n) is 14.6. The molecule has 1 aromatic heterocycles. The van der Waals surface area contributed by atoms with Crippen LogP contribution < -0.4 is 24.0 Å². The third kappa shape index (κ3) is 7.70. The number of rotatable bonds is 11. The van der Waals surface area contributed by atoms with Crippen LogP contribution >= 0.6 is 0 Å². The van der Waals surface area contributed by atoms with Gasteiger partial charge in [-0.2, -0.15) is 0 Å². The quantitative estimate of drug-likeness (QED) is 0.235. The molecule has 44 heavy (non-hydrogen) atoms. The van der Waals surface area contributed by atoms with E-state index in [1.807, 2.05) is 117 Å². The van der Waals surface area contributed by atoms with E-state index in [1.54, 1.807) is 11.9 Å². The number of hydrogen-bond donors (Lipinski definition) is 2. The van der Waals surface area contributed by atoms with Crippen LogP contribution in [0.25, 0.3) is 22.0 Å². The number of aromatic amines is 1. The first-order valence-corrected chi connectivity index (χ1v) is 14.6. The summed E-state index contributed by atoms with van der Waals surface area (Å²) < 4.78 is 0. The van der Waals surface area contributed by atoms with Crippen molar-refractivity contribution in [3.63, 3.8) is 0 Å². The van der Waals surface area contributed by atoms with Gasteiger partial charge in [-0.3, -0.25) is 4.79 Å². The van der Waals surface area contributed by atoms with Gasteiger partial charge < -0.3 is 24.9 Å². The van der Waals surface area contributed by atoms with Crippen molar-refractivity contribution < 1.29 is 38.7 Å². The first kappa shape index (κ1) is 32.8. The number of hydrogen-bond acceptors (Lipinski definition) is 4. The Kier molecular flexibility index (Phi) is 10.9. The van der Waals surface area contributed by atoms with E-state index in [-0.39, 0.29) is 37.6 Å². The number of nitrogens with one attached hydrogen (secondary N) is 1. The minimum Gasteiger partial charge on any atom is -0.550 e. The first-order chi connectivity index (χ1) is 20.7. The molecular formula is C37H37LiN2O4. The van der Waals surface area contributed by atoms with Gasteiger partial charge >= 0.3 is 18.9 Å². The SMILES string of the molecule is Cc1cc(C)cc(C(=O)N(C)[C@H](Cc2ccc(-c3ccccc3)cc2)C(O)C[C@@H](Cc2c[nH]c3ccccc23)C(=O)[O-])c1.[Li+]. The molecule has 0 saturated carbocycles. The molecule has 0 saturated heterocycles. The van der Waals surface area contributed by atoms with Crippen LogP contribution in [-0.4, -0.2) is 46.1 Å². The van der Waals surface area contributed by atoms with Gasteiger partial charge in [-0.15, -0.1) is 0 Å². The fourth-order valence-electron chi connectivity index (χ4n) is 5.97. The van der Waals surface area contributed by atoms with Gasteiger partial charge in [0.1, 0.15) is 0 Å². The Labute approximate surface area is 270 Å². The number of H-pyrrole nitrogens is 1. The van der Waals surface area contributed by atoms with Crippen LogP contribution in [-0.2, 0) is 17.6 Å². The third-order valence-corrected chi connectivity index (χ3v) is 8.24. The summed E-state index contributed by atoms with van der Waals surface area (Å²) in [4.78, 5) is 30.8. The average molecular weight is 581 g/mol. The van der Waals surface area contributed by atoms with Crippen molar-refractivity contribution in [1.29, 1.82) is 0 Å². The number of para-hydroxylation sites is 1. The van der Waals surface area contributed by atoms with E-state index in [1.165, 1.54) is 0 Å². The Balaban J connectivity index is 0.00000442. The van der Waals surface area contributed by atoms with Gasteiger partial charge in [-0.1, -0.05) is 90.0 Å². The number of nitrogens with zero attached hydrogens (tertiary/aromatic N) is 1. The second-order valence-corrected chi connectivity index (χ2v) is 11.5. The number of aryl methyl sites for hydroxylation is 2. The van der Waals surface area contributed by atoms with Crippen molar-refractivity contribution in [1.82, 2.24) is 9.88 Å². The summed E-state index contributed by atoms with van der Waals surface area (Å²) in [6.07, 6.45) is 1.21. The summed E-state index contributed by atoms with van der Waals surface area (Å²) in [5, 5.41) is 24.9. The minimum absolute atomic E-state index is 0. The Hall–Kier alpha value is -4.08. The third-order valence-electron chi connectivity index (χ3n) is 8.24. The molecule has 2 N–H and O–H groups in total. The van der Waals surface area contributed by atoms with Crippen LogP contribution in [0, 0.1) is 19.8 Å². The van der Waals surface area contributed by atoms with E-state index in [0.29, 0.717) is 12.0 Å². The molecule has 5 rings (SSSR count). The average Bonchev–Trinajstić information content (AvgIpc) is 3.41. The van der Waals surface area contributed by atoms with Crippen molar-refractivity contribution in [3.8, 4) is 11.1 Å². The molecule has 0 radical (unpaired) electrons. The topological polar surface area (TPSA) is 96.5 Å². The predicted molar refractivity (Wildman–Crippen MR) is 169 cm³/mol. The predicted octanol–water partition coefficient (Wildman–Crippen LogP) is 2.50. The summed E-state index contributed by atoms with van der Waals surface area (Å²) in [6.45, 7) is 3.89. The molecular weight excluding hydrogens is 543 g/mol. The molecule has 1 unspecified atom stereocenters. The Morgan fingerprint density at radius 2 is 1.45 bits per heavy atom. The molecule has 0 fully saturated rings. The smallest absolute Gasteiger partial charge is 0.550 e. The van der Waals surface area contributed by atoms with Crippen molar-refractivity contribution in [2.75, 3.05) is 7.05 Å². The Morgan fingerprint density at radius 3 is 2.11 bits per heavy atom. The summed E-state index contributed by atoms with van der Waals surface area (Å²) in [5.41, 5.74) is 7.36. The maximum atomic E-state index is 13.7. The molecule has 1 amide bonds. The molecule has 0 bridgehead atoms. The van der Waals surface area contributed by atoms with E-state index in [0.717, 1.165) is 44.3 Å². The van der Waals surface area contributed by atoms with Crippen LogP contribution in [0.15, 0.2) is 103 Å². The van der Waals surface area contributed by atoms with E-state index in [4.69, 9.17) is 0 Å². The summed E-state index contributed by atoms with van der Waals surface area (Å²) >= 11 is 0. The molecule has 220 valence electrons. The molecule has 4 aromatic carbocycles. The van der Waals surface area contributed by atoms with Gasteiger partial charge in [0.2, 0.25) is 0 Å². The zero-order valence-electron chi connectivity index (χ0n) is 25.8. The Bertz CT molecular complexity index is 1690. The van der Waals surface area contributed by atoms with Gasteiger partial charge in [-0.25, -0.2) is 0 Å². The minimum atomic E-state index is -1.22. The second-order valence-electron chi connectivity index (χ2n) is 11.5. The molecule has 6 nitrogen and oxygen atoms in total. The van der Waals surface area contributed by atoms with Crippen molar-refractivity contribution in [3.05, 3.63) is 131 Å². The van der Waals surface area contributed by atoms with Gasteiger partial charge in [0.25, 0.3) is 5.91 Å². The number of aliphatic hydroxyl groups is 1. The molecule has 5 aromatic rings. The van der Waals surface area contributed by atoms with Crippen LogP contribution in [0.5, 0.6) is 0 Å². The largest absolute Gasteiger partial charge is 1.00 e. The molecule has 3 atom stereocenters. The summed E-state index contributed by atoms with van der Waals surface area (Å²) in [5.74, 6) is -2.39. The fraction of sp³-hybridized carbons (Fsp3) is 0.243. The zero-order valence-corrected chi connectivity index (χ0v) is 25.8. The van der Waals surface area contributed by atoms with Crippen LogP contribution in [0.4, 0.5) is 0 Å². The molecule has 7 heteroatoms. The number of carboxylic acids is 1. The van der Waals surface area contributed by atoms with Crippen LogP contribution in [0.3, 0.4) is 0 Å². The van der Waals surface area contributed by atoms with Crippen molar-refractivity contribution in [2.24, 2.45) is 5.92 Å². The number of carboxylic acid groups (broad SMARTS) is 1. The normalized spacial score (nSPS) is 13.1. The molecule has 1 heterocycles. The van der Waals surface area contributed by atoms with Gasteiger partial charge in [0.05, 0.1) is 12.1 Å². The zero-order chi connectivity index (χ0) is 30.5. The maximum absolute atomic E-state index is 13.7. The van der Waals surface area contributed by atoms with Crippen LogP contribution in [0.2, 0.25) is 0 Å². The molecule has 0 aliphatic heterocycles. The number of carbonyl (C=O) groups excluding carboxylic acids is 2. The molecule has 0 aliphatic rings. The monoisotopic (exact) mass is 580 g/mol. The van der Waals surface area contributed by atoms with E-state index >= 15 is 0 Å². The Morgan fingerprint density at radius 1 is 0.841 bits per heavy atom. The van der Waals surface area contributed by atoms with Gasteiger partial charge in [0, 0.05) is 41.6 Å². The number of fused-ring (bicyclic) bond motifs is 1. The van der Waals surface area contributed by atoms with Gasteiger partial charge in [-0.05, 0) is 73.6 Å². The maximum Gasteiger partial charge on any atom is 1.00 e. The fourth-order valence-corrected chi connectivity index (χ4v) is 5.97. The molecule has 0 aliphatic carbocycles. The molecule has 0 spiro atoms. The number of aliphatic carboxylic acids is 1.